The Morgan fingerprint density at radius 2 is 1.93 bits per heavy atom. The number of carbonyl (C=O) groups excluding carboxylic acids is 2. The molecule has 1 N–H and O–H groups in total. The molecule has 2 aromatic carbocycles. The molecule has 1 saturated heterocycles. The van der Waals surface area contributed by atoms with E-state index >= 15 is 0 Å². The minimum Gasteiger partial charge on any atom is -0.352 e. The number of nitrogens with zero attached hydrogens (tertiary/aromatic N) is 1. The lowest BCUT2D eigenvalue weighted by atomic mass is 9.83. The highest BCUT2D eigenvalue weighted by Gasteiger charge is 2.33. The lowest BCUT2D eigenvalue weighted by molar-refractivity contribution is -0.134. The van der Waals surface area contributed by atoms with Crippen LogP contribution in [0.2, 0.25) is 0 Å². The summed E-state index contributed by atoms with van der Waals surface area (Å²) in [5, 5.41) is 2.84. The molecule has 0 aromatic heterocycles. The van der Waals surface area contributed by atoms with Gasteiger partial charge < -0.3 is 10.2 Å². The van der Waals surface area contributed by atoms with E-state index in [-0.39, 0.29) is 41.8 Å². The second-order valence-electron chi connectivity index (χ2n) is 7.41. The van der Waals surface area contributed by atoms with Gasteiger partial charge >= 0.3 is 0 Å². The zero-order valence-electron chi connectivity index (χ0n) is 16.0. The standard InChI is InChI=1S/C22H24F2N2O2/c1-14-8-17(6-7-21(14)24)18-10-19(13-26(12-18)15(2)27)22(28)25-11-16-4-3-5-20(23)9-16/h3-9,18-19H,10-13H2,1-2H3,(H,25,28)/t18-,19+/m0/s1. The van der Waals surface area contributed by atoms with Crippen LogP contribution in [0, 0.1) is 24.5 Å². The molecule has 4 nitrogen and oxygen atoms in total. The molecule has 0 radical (unpaired) electrons. The summed E-state index contributed by atoms with van der Waals surface area (Å²) in [6.07, 6.45) is 0.573. The summed E-state index contributed by atoms with van der Waals surface area (Å²) in [6.45, 7) is 4.27. The number of amides is 2. The van der Waals surface area contributed by atoms with Crippen molar-refractivity contribution in [2.75, 3.05) is 13.1 Å². The molecule has 0 saturated carbocycles. The van der Waals surface area contributed by atoms with Gasteiger partial charge in [0.05, 0.1) is 5.92 Å². The molecule has 6 heteroatoms. The summed E-state index contributed by atoms with van der Waals surface area (Å²) < 4.78 is 26.9. The number of aryl methyl sites for hydroxylation is 1. The third kappa shape index (κ3) is 4.74. The normalized spacial score (nSPS) is 19.4. The number of hydrogen-bond donors (Lipinski definition) is 1. The first-order chi connectivity index (χ1) is 13.3. The van der Waals surface area contributed by atoms with Crippen molar-refractivity contribution in [3.05, 3.63) is 70.8 Å². The molecule has 2 amide bonds. The van der Waals surface area contributed by atoms with E-state index < -0.39 is 0 Å². The minimum atomic E-state index is -0.374. The third-order valence-electron chi connectivity index (χ3n) is 5.28. The molecule has 28 heavy (non-hydrogen) atoms. The summed E-state index contributed by atoms with van der Waals surface area (Å²) in [6, 6.07) is 11.0. The molecule has 148 valence electrons. The van der Waals surface area contributed by atoms with Crippen LogP contribution in [-0.2, 0) is 16.1 Å². The van der Waals surface area contributed by atoms with Crippen LogP contribution in [0.5, 0.6) is 0 Å². The smallest absolute Gasteiger partial charge is 0.225 e. The summed E-state index contributed by atoms with van der Waals surface area (Å²) in [7, 11) is 0. The molecule has 3 rings (SSSR count). The fraction of sp³-hybridized carbons (Fsp3) is 0.364. The molecule has 0 spiro atoms. The number of rotatable bonds is 4. The molecule has 1 heterocycles. The minimum absolute atomic E-state index is 0.0399. The first-order valence-electron chi connectivity index (χ1n) is 9.37. The molecule has 1 aliphatic heterocycles. The number of carbonyl (C=O) groups is 2. The lowest BCUT2D eigenvalue weighted by Crippen LogP contribution is -2.47. The van der Waals surface area contributed by atoms with Gasteiger partial charge in [-0.15, -0.1) is 0 Å². The van der Waals surface area contributed by atoms with Crippen molar-refractivity contribution >= 4 is 11.8 Å². The zero-order valence-corrected chi connectivity index (χ0v) is 16.0. The van der Waals surface area contributed by atoms with Crippen LogP contribution in [0.25, 0.3) is 0 Å². The van der Waals surface area contributed by atoms with Crippen LogP contribution in [0.4, 0.5) is 8.78 Å². The molecule has 1 aliphatic rings. The van der Waals surface area contributed by atoms with Gasteiger partial charge in [0.15, 0.2) is 0 Å². The van der Waals surface area contributed by atoms with Crippen molar-refractivity contribution in [2.24, 2.45) is 5.92 Å². The number of hydrogen-bond acceptors (Lipinski definition) is 2. The number of piperidine rings is 1. The van der Waals surface area contributed by atoms with Crippen LogP contribution < -0.4 is 5.32 Å². The van der Waals surface area contributed by atoms with E-state index in [1.165, 1.54) is 25.1 Å². The number of halogens is 2. The third-order valence-corrected chi connectivity index (χ3v) is 5.28. The van der Waals surface area contributed by atoms with E-state index in [0.29, 0.717) is 30.6 Å². The van der Waals surface area contributed by atoms with Gasteiger partial charge in [-0.25, -0.2) is 8.78 Å². The van der Waals surface area contributed by atoms with Gasteiger partial charge in [0, 0.05) is 32.5 Å². The number of likely N-dealkylation sites (tertiary alicyclic amines) is 1. The van der Waals surface area contributed by atoms with E-state index in [2.05, 4.69) is 5.32 Å². The highest BCUT2D eigenvalue weighted by Crippen LogP contribution is 2.31. The van der Waals surface area contributed by atoms with E-state index in [1.807, 2.05) is 0 Å². The van der Waals surface area contributed by atoms with Gasteiger partial charge in [0.1, 0.15) is 11.6 Å². The monoisotopic (exact) mass is 386 g/mol. The Balaban J connectivity index is 1.72. The second-order valence-corrected chi connectivity index (χ2v) is 7.41. The lowest BCUT2D eigenvalue weighted by Gasteiger charge is -2.37. The zero-order chi connectivity index (χ0) is 20.3. The summed E-state index contributed by atoms with van der Waals surface area (Å²) in [4.78, 5) is 26.4. The Hall–Kier alpha value is -2.76. The van der Waals surface area contributed by atoms with Crippen molar-refractivity contribution in [1.29, 1.82) is 0 Å². The first kappa shape index (κ1) is 20.0. The molecule has 1 fully saturated rings. The van der Waals surface area contributed by atoms with Crippen molar-refractivity contribution in [2.45, 2.75) is 32.7 Å². The average molecular weight is 386 g/mol. The number of nitrogens with one attached hydrogen (secondary N) is 1. The summed E-state index contributed by atoms with van der Waals surface area (Å²) >= 11 is 0. The van der Waals surface area contributed by atoms with Gasteiger partial charge in [0.2, 0.25) is 11.8 Å². The molecule has 2 aromatic rings. The fourth-order valence-corrected chi connectivity index (χ4v) is 3.69. The van der Waals surface area contributed by atoms with Gasteiger partial charge in [-0.05, 0) is 48.2 Å². The maximum atomic E-state index is 13.6. The molecule has 0 bridgehead atoms. The van der Waals surface area contributed by atoms with Crippen LogP contribution >= 0.6 is 0 Å². The maximum absolute atomic E-state index is 13.6. The van der Waals surface area contributed by atoms with Gasteiger partial charge in [-0.1, -0.05) is 24.3 Å². The van der Waals surface area contributed by atoms with Crippen LogP contribution in [0.3, 0.4) is 0 Å². The summed E-state index contributed by atoms with van der Waals surface area (Å²) in [5.41, 5.74) is 2.15. The SMILES string of the molecule is CC(=O)N1C[C@H](C(=O)NCc2cccc(F)c2)C[C@H](c2ccc(F)c(C)c2)C1. The van der Waals surface area contributed by atoms with E-state index in [1.54, 1.807) is 36.1 Å². The van der Waals surface area contributed by atoms with Gasteiger partial charge in [0.25, 0.3) is 0 Å². The highest BCUT2D eigenvalue weighted by molar-refractivity contribution is 5.81. The maximum Gasteiger partial charge on any atom is 0.225 e. The largest absolute Gasteiger partial charge is 0.352 e. The summed E-state index contributed by atoms with van der Waals surface area (Å²) in [5.74, 6) is -1.29. The molecular formula is C22H24F2N2O2. The van der Waals surface area contributed by atoms with Crippen LogP contribution in [0.15, 0.2) is 42.5 Å². The molecule has 2 atom stereocenters. The Kier molecular flexibility index (Phi) is 6.07. The Morgan fingerprint density at radius 1 is 1.14 bits per heavy atom. The highest BCUT2D eigenvalue weighted by atomic mass is 19.1. The van der Waals surface area contributed by atoms with E-state index in [0.717, 1.165) is 5.56 Å². The molecule has 0 aliphatic carbocycles. The van der Waals surface area contributed by atoms with Crippen molar-refractivity contribution < 1.29 is 18.4 Å². The van der Waals surface area contributed by atoms with Crippen molar-refractivity contribution in [1.82, 2.24) is 10.2 Å². The van der Waals surface area contributed by atoms with Crippen LogP contribution in [0.1, 0.15) is 36.0 Å². The average Bonchev–Trinajstić information content (AvgIpc) is 2.68. The quantitative estimate of drug-likeness (QED) is 0.874. The van der Waals surface area contributed by atoms with Gasteiger partial charge in [-0.2, -0.15) is 0 Å². The Bertz CT molecular complexity index is 885. The predicted molar refractivity (Wildman–Crippen MR) is 102 cm³/mol. The second kappa shape index (κ2) is 8.50. The number of benzene rings is 2. The first-order valence-corrected chi connectivity index (χ1v) is 9.37. The van der Waals surface area contributed by atoms with Crippen molar-refractivity contribution in [3.63, 3.8) is 0 Å². The van der Waals surface area contributed by atoms with E-state index in [4.69, 9.17) is 0 Å². The topological polar surface area (TPSA) is 49.4 Å². The van der Waals surface area contributed by atoms with Crippen molar-refractivity contribution in [3.8, 4) is 0 Å². The Morgan fingerprint density at radius 3 is 2.61 bits per heavy atom. The van der Waals surface area contributed by atoms with Crippen LogP contribution in [-0.4, -0.2) is 29.8 Å². The van der Waals surface area contributed by atoms with Gasteiger partial charge in [-0.3, -0.25) is 9.59 Å². The fourth-order valence-electron chi connectivity index (χ4n) is 3.69. The molecule has 0 unspecified atom stereocenters. The van der Waals surface area contributed by atoms with E-state index in [9.17, 15) is 18.4 Å². The predicted octanol–water partition coefficient (Wildman–Crippen LogP) is 3.54. The molecular weight excluding hydrogens is 362 g/mol. The Labute approximate surface area is 163 Å².